The molecule has 20 heavy (non-hydrogen) atoms. The lowest BCUT2D eigenvalue weighted by atomic mass is 10.3. The smallest absolute Gasteiger partial charge is 0.258 e. The van der Waals surface area contributed by atoms with Crippen molar-refractivity contribution in [1.82, 2.24) is 25.1 Å². The summed E-state index contributed by atoms with van der Waals surface area (Å²) >= 11 is 1.59. The van der Waals surface area contributed by atoms with Crippen LogP contribution in [0.3, 0.4) is 0 Å². The average molecular weight is 288 g/mol. The van der Waals surface area contributed by atoms with Gasteiger partial charge in [-0.25, -0.2) is 4.68 Å². The maximum atomic E-state index is 5.86. The van der Waals surface area contributed by atoms with Crippen molar-refractivity contribution in [3.05, 3.63) is 28.3 Å². The van der Waals surface area contributed by atoms with Gasteiger partial charge in [0.1, 0.15) is 6.54 Å². The van der Waals surface area contributed by atoms with Crippen molar-refractivity contribution in [1.29, 1.82) is 0 Å². The molecule has 0 atom stereocenters. The van der Waals surface area contributed by atoms with Gasteiger partial charge in [0, 0.05) is 11.3 Å². The first-order chi connectivity index (χ1) is 9.81. The molecular weight excluding hydrogens is 276 g/mol. The number of rotatable bonds is 4. The molecule has 8 heteroatoms. The molecule has 0 aromatic carbocycles. The summed E-state index contributed by atoms with van der Waals surface area (Å²) in [4.78, 5) is 4.38. The van der Waals surface area contributed by atoms with E-state index in [1.165, 1.54) is 0 Å². The molecule has 102 valence electrons. The number of nitrogens with zero attached hydrogens (tertiary/aromatic N) is 5. The van der Waals surface area contributed by atoms with Gasteiger partial charge in [0.15, 0.2) is 11.6 Å². The van der Waals surface area contributed by atoms with E-state index in [2.05, 4.69) is 20.5 Å². The molecule has 0 bridgehead atoms. The van der Waals surface area contributed by atoms with Crippen LogP contribution >= 0.6 is 11.3 Å². The lowest BCUT2D eigenvalue weighted by Gasteiger charge is -2.01. The topological polar surface area (TPSA) is 95.7 Å². The second-order valence-electron chi connectivity index (χ2n) is 4.82. The van der Waals surface area contributed by atoms with E-state index >= 15 is 0 Å². The predicted octanol–water partition coefficient (Wildman–Crippen LogP) is 1.90. The number of anilines is 1. The molecule has 0 spiro atoms. The Morgan fingerprint density at radius 1 is 1.45 bits per heavy atom. The molecule has 0 unspecified atom stereocenters. The monoisotopic (exact) mass is 288 g/mol. The van der Waals surface area contributed by atoms with Crippen molar-refractivity contribution in [3.8, 4) is 11.5 Å². The van der Waals surface area contributed by atoms with Gasteiger partial charge < -0.3 is 10.3 Å². The Bertz CT molecular complexity index is 727. The molecule has 0 aliphatic heterocycles. The van der Waals surface area contributed by atoms with E-state index in [4.69, 9.17) is 10.3 Å². The van der Waals surface area contributed by atoms with Gasteiger partial charge >= 0.3 is 0 Å². The second-order valence-corrected chi connectivity index (χ2v) is 5.60. The van der Waals surface area contributed by atoms with Gasteiger partial charge in [0.05, 0.1) is 11.3 Å². The molecule has 0 saturated heterocycles. The third-order valence-corrected chi connectivity index (χ3v) is 3.98. The SMILES string of the molecule is Nc1nnn(Cc2noc(-c3ccsc3)n2)c1C1CC1. The summed E-state index contributed by atoms with van der Waals surface area (Å²) in [5, 5.41) is 15.9. The lowest BCUT2D eigenvalue weighted by Crippen LogP contribution is -2.07. The molecule has 1 saturated carbocycles. The molecule has 7 nitrogen and oxygen atoms in total. The maximum absolute atomic E-state index is 5.86. The molecular formula is C12H12N6OS. The lowest BCUT2D eigenvalue weighted by molar-refractivity contribution is 0.417. The van der Waals surface area contributed by atoms with E-state index < -0.39 is 0 Å². The van der Waals surface area contributed by atoms with Crippen molar-refractivity contribution in [3.63, 3.8) is 0 Å². The minimum atomic E-state index is 0.434. The quantitative estimate of drug-likeness (QED) is 0.787. The van der Waals surface area contributed by atoms with Crippen LogP contribution in [-0.2, 0) is 6.54 Å². The van der Waals surface area contributed by atoms with Gasteiger partial charge in [-0.2, -0.15) is 16.3 Å². The van der Waals surface area contributed by atoms with Gasteiger partial charge in [-0.05, 0) is 24.3 Å². The van der Waals surface area contributed by atoms with Gasteiger partial charge in [0.2, 0.25) is 0 Å². The second kappa shape index (κ2) is 4.41. The summed E-state index contributed by atoms with van der Waals surface area (Å²) in [6, 6.07) is 1.95. The van der Waals surface area contributed by atoms with Gasteiger partial charge in [-0.15, -0.1) is 5.10 Å². The molecule has 1 aliphatic rings. The van der Waals surface area contributed by atoms with E-state index in [0.717, 1.165) is 24.1 Å². The normalized spacial score (nSPS) is 14.8. The third-order valence-electron chi connectivity index (χ3n) is 3.29. The molecule has 3 aromatic heterocycles. The van der Waals surface area contributed by atoms with E-state index in [-0.39, 0.29) is 0 Å². The fourth-order valence-electron chi connectivity index (χ4n) is 2.18. The van der Waals surface area contributed by atoms with Crippen molar-refractivity contribution >= 4 is 17.2 Å². The van der Waals surface area contributed by atoms with E-state index in [9.17, 15) is 0 Å². The van der Waals surface area contributed by atoms with Crippen LogP contribution in [0, 0.1) is 0 Å². The number of hydrogen-bond donors (Lipinski definition) is 1. The Kier molecular flexibility index (Phi) is 2.56. The number of nitrogens with two attached hydrogens (primary N) is 1. The first-order valence-electron chi connectivity index (χ1n) is 6.35. The average Bonchev–Trinajstić information content (AvgIpc) is 2.88. The maximum Gasteiger partial charge on any atom is 0.258 e. The minimum Gasteiger partial charge on any atom is -0.381 e. The van der Waals surface area contributed by atoms with E-state index in [0.29, 0.717) is 30.0 Å². The number of nitrogen functional groups attached to an aromatic ring is 1. The highest BCUT2D eigenvalue weighted by molar-refractivity contribution is 7.08. The van der Waals surface area contributed by atoms with Crippen LogP contribution in [0.5, 0.6) is 0 Å². The number of thiophene rings is 1. The zero-order valence-corrected chi connectivity index (χ0v) is 11.4. The van der Waals surface area contributed by atoms with Gasteiger partial charge in [-0.1, -0.05) is 10.4 Å². The Labute approximate surface area is 118 Å². The van der Waals surface area contributed by atoms with Crippen LogP contribution in [0.25, 0.3) is 11.5 Å². The molecule has 0 amide bonds. The summed E-state index contributed by atoms with van der Waals surface area (Å²) in [5.74, 6) is 2.10. The summed E-state index contributed by atoms with van der Waals surface area (Å²) in [6.07, 6.45) is 2.29. The molecule has 4 rings (SSSR count). The molecule has 1 aliphatic carbocycles. The highest BCUT2D eigenvalue weighted by Crippen LogP contribution is 2.42. The van der Waals surface area contributed by atoms with Crippen LogP contribution < -0.4 is 5.73 Å². The molecule has 3 aromatic rings. The van der Waals surface area contributed by atoms with Crippen molar-refractivity contribution in [2.45, 2.75) is 25.3 Å². The van der Waals surface area contributed by atoms with Gasteiger partial charge in [0.25, 0.3) is 5.89 Å². The standard InChI is InChI=1S/C12H12N6OS/c13-11-10(7-1-2-7)18(17-15-11)5-9-14-12(19-16-9)8-3-4-20-6-8/h3-4,6-7H,1-2,5,13H2. The molecule has 0 radical (unpaired) electrons. The Hall–Kier alpha value is -2.22. The van der Waals surface area contributed by atoms with Crippen LogP contribution in [0.1, 0.15) is 30.3 Å². The molecule has 1 fully saturated rings. The number of hydrogen-bond acceptors (Lipinski definition) is 7. The first-order valence-corrected chi connectivity index (χ1v) is 7.29. The largest absolute Gasteiger partial charge is 0.381 e. The Morgan fingerprint density at radius 2 is 2.35 bits per heavy atom. The fraction of sp³-hybridized carbons (Fsp3) is 0.333. The highest BCUT2D eigenvalue weighted by Gasteiger charge is 2.31. The minimum absolute atomic E-state index is 0.434. The van der Waals surface area contributed by atoms with Crippen molar-refractivity contribution < 1.29 is 4.52 Å². The summed E-state index contributed by atoms with van der Waals surface area (Å²) < 4.78 is 7.03. The zero-order chi connectivity index (χ0) is 13.5. The first kappa shape index (κ1) is 11.6. The summed E-state index contributed by atoms with van der Waals surface area (Å²) in [5.41, 5.74) is 7.79. The van der Waals surface area contributed by atoms with E-state index in [1.54, 1.807) is 16.0 Å². The summed E-state index contributed by atoms with van der Waals surface area (Å²) in [7, 11) is 0. The highest BCUT2D eigenvalue weighted by atomic mass is 32.1. The Balaban J connectivity index is 1.60. The van der Waals surface area contributed by atoms with Crippen molar-refractivity contribution in [2.75, 3.05) is 5.73 Å². The van der Waals surface area contributed by atoms with Crippen molar-refractivity contribution in [2.24, 2.45) is 0 Å². The van der Waals surface area contributed by atoms with Gasteiger partial charge in [-0.3, -0.25) is 0 Å². The van der Waals surface area contributed by atoms with Crippen LogP contribution in [0.15, 0.2) is 21.3 Å². The number of aromatic nitrogens is 5. The van der Waals surface area contributed by atoms with E-state index in [1.807, 2.05) is 16.8 Å². The zero-order valence-electron chi connectivity index (χ0n) is 10.6. The Morgan fingerprint density at radius 3 is 3.10 bits per heavy atom. The molecule has 2 N–H and O–H groups in total. The fourth-order valence-corrected chi connectivity index (χ4v) is 2.81. The third kappa shape index (κ3) is 1.97. The molecule has 3 heterocycles. The van der Waals surface area contributed by atoms with Crippen LogP contribution in [0.2, 0.25) is 0 Å². The summed E-state index contributed by atoms with van der Waals surface area (Å²) in [6.45, 7) is 0.434. The van der Waals surface area contributed by atoms with Crippen LogP contribution in [-0.4, -0.2) is 25.1 Å². The predicted molar refractivity (Wildman–Crippen MR) is 73.1 cm³/mol. The van der Waals surface area contributed by atoms with Crippen LogP contribution in [0.4, 0.5) is 5.82 Å².